The first kappa shape index (κ1) is 15.8. The summed E-state index contributed by atoms with van der Waals surface area (Å²) in [4.78, 5) is 14.3. The summed E-state index contributed by atoms with van der Waals surface area (Å²) in [5, 5.41) is 0. The molecule has 2 saturated heterocycles. The molecule has 120 valence electrons. The molecule has 2 aliphatic heterocycles. The molecule has 0 unspecified atom stereocenters. The molecule has 2 bridgehead atoms. The normalized spacial score (nSPS) is 27.8. The Balaban J connectivity index is 1.51. The highest BCUT2D eigenvalue weighted by molar-refractivity contribution is 6.18. The van der Waals surface area contributed by atoms with Gasteiger partial charge in [-0.25, -0.2) is 0 Å². The van der Waals surface area contributed by atoms with Crippen molar-refractivity contribution in [3.8, 4) is 0 Å². The van der Waals surface area contributed by atoms with Crippen LogP contribution in [0.1, 0.15) is 37.7 Å². The lowest BCUT2D eigenvalue weighted by Crippen LogP contribution is -2.46. The van der Waals surface area contributed by atoms with E-state index < -0.39 is 0 Å². The Morgan fingerprint density at radius 3 is 2.50 bits per heavy atom. The fraction of sp³-hybridized carbons (Fsp3) is 0.611. The second-order valence-corrected chi connectivity index (χ2v) is 6.76. The molecule has 0 radical (unpaired) electrons. The van der Waals surface area contributed by atoms with Crippen molar-refractivity contribution in [3.63, 3.8) is 0 Å². The van der Waals surface area contributed by atoms with Gasteiger partial charge in [0, 0.05) is 37.4 Å². The van der Waals surface area contributed by atoms with Crippen LogP contribution >= 0.6 is 11.6 Å². The van der Waals surface area contributed by atoms with Crippen molar-refractivity contribution in [2.24, 2.45) is 0 Å². The molecule has 0 saturated carbocycles. The lowest BCUT2D eigenvalue weighted by atomic mass is 9.98. The van der Waals surface area contributed by atoms with Crippen molar-refractivity contribution >= 4 is 17.6 Å². The molecule has 1 aromatic carbocycles. The van der Waals surface area contributed by atoms with Crippen LogP contribution < -0.4 is 0 Å². The third kappa shape index (κ3) is 3.82. The number of hydrogen-bond donors (Lipinski definition) is 0. The Kier molecular flexibility index (Phi) is 5.37. The zero-order valence-electron chi connectivity index (χ0n) is 12.9. The van der Waals surface area contributed by atoms with Crippen LogP contribution in [0, 0.1) is 0 Å². The third-order valence-corrected chi connectivity index (χ3v) is 5.13. The van der Waals surface area contributed by atoms with Crippen LogP contribution in [0.5, 0.6) is 0 Å². The van der Waals surface area contributed by atoms with Gasteiger partial charge in [0.1, 0.15) is 6.10 Å². The summed E-state index contributed by atoms with van der Waals surface area (Å²) in [5.41, 5.74) is 1.40. The number of ether oxygens (including phenoxy) is 1. The summed E-state index contributed by atoms with van der Waals surface area (Å²) >= 11 is 5.60. The van der Waals surface area contributed by atoms with Crippen LogP contribution in [0.15, 0.2) is 30.3 Å². The van der Waals surface area contributed by atoms with Gasteiger partial charge in [0.15, 0.2) is 0 Å². The van der Waals surface area contributed by atoms with Crippen LogP contribution in [-0.2, 0) is 16.0 Å². The average molecular weight is 322 g/mol. The van der Waals surface area contributed by atoms with Gasteiger partial charge in [0.25, 0.3) is 0 Å². The molecule has 1 aromatic rings. The Morgan fingerprint density at radius 1 is 1.18 bits per heavy atom. The molecule has 0 aromatic heterocycles. The molecule has 4 heteroatoms. The van der Waals surface area contributed by atoms with E-state index in [0.29, 0.717) is 24.4 Å². The zero-order valence-corrected chi connectivity index (χ0v) is 13.7. The summed E-state index contributed by atoms with van der Waals surface area (Å²) in [5.74, 6) is 0.207. The summed E-state index contributed by atoms with van der Waals surface area (Å²) in [6, 6.07) is 11.8. The Bertz CT molecular complexity index is 479. The SMILES string of the molecule is O=C(CCCl)OC1C[C@@H]2CC[C@@H](C1)N2CCc1ccccc1. The minimum atomic E-state index is -0.142. The second kappa shape index (κ2) is 7.47. The van der Waals surface area contributed by atoms with Gasteiger partial charge >= 0.3 is 5.97 Å². The monoisotopic (exact) mass is 321 g/mol. The van der Waals surface area contributed by atoms with Gasteiger partial charge < -0.3 is 4.74 Å². The highest BCUT2D eigenvalue weighted by Crippen LogP contribution is 2.37. The van der Waals surface area contributed by atoms with Gasteiger partial charge in [0.05, 0.1) is 6.42 Å². The van der Waals surface area contributed by atoms with Gasteiger partial charge in [-0.3, -0.25) is 9.69 Å². The number of carbonyl (C=O) groups excluding carboxylic acids is 1. The fourth-order valence-electron chi connectivity index (χ4n) is 3.91. The molecule has 0 aliphatic carbocycles. The summed E-state index contributed by atoms with van der Waals surface area (Å²) in [6.45, 7) is 1.11. The van der Waals surface area contributed by atoms with E-state index in [1.165, 1.54) is 18.4 Å². The number of piperidine rings is 1. The van der Waals surface area contributed by atoms with Gasteiger partial charge in [0.2, 0.25) is 0 Å². The second-order valence-electron chi connectivity index (χ2n) is 6.38. The lowest BCUT2D eigenvalue weighted by Gasteiger charge is -2.38. The lowest BCUT2D eigenvalue weighted by molar-refractivity contribution is -0.152. The number of fused-ring (bicyclic) bond motifs is 2. The number of halogens is 1. The highest BCUT2D eigenvalue weighted by atomic mass is 35.5. The minimum absolute atomic E-state index is 0.0983. The Morgan fingerprint density at radius 2 is 1.86 bits per heavy atom. The van der Waals surface area contributed by atoms with Crippen molar-refractivity contribution in [3.05, 3.63) is 35.9 Å². The molecule has 2 aliphatic rings. The van der Waals surface area contributed by atoms with E-state index in [9.17, 15) is 4.79 Å². The molecule has 2 fully saturated rings. The van der Waals surface area contributed by atoms with Crippen LogP contribution in [0.4, 0.5) is 0 Å². The largest absolute Gasteiger partial charge is 0.462 e. The number of benzene rings is 1. The number of carbonyl (C=O) groups is 1. The molecule has 3 nitrogen and oxygen atoms in total. The van der Waals surface area contributed by atoms with Crippen molar-refractivity contribution < 1.29 is 9.53 Å². The standard InChI is InChI=1S/C18H24ClNO2/c19-10-8-18(21)22-17-12-15-6-7-16(13-17)20(15)11-9-14-4-2-1-3-5-14/h1-5,15-17H,6-13H2/t15-,16-/m0/s1. The van der Waals surface area contributed by atoms with Gasteiger partial charge in [-0.05, 0) is 24.8 Å². The van der Waals surface area contributed by atoms with E-state index >= 15 is 0 Å². The predicted octanol–water partition coefficient (Wildman–Crippen LogP) is 3.40. The third-order valence-electron chi connectivity index (χ3n) is 4.94. The van der Waals surface area contributed by atoms with Crippen molar-refractivity contribution in [2.45, 2.75) is 56.7 Å². The number of esters is 1. The molecule has 0 amide bonds. The summed E-state index contributed by atoms with van der Waals surface area (Å²) in [7, 11) is 0. The first-order chi connectivity index (χ1) is 10.8. The van der Waals surface area contributed by atoms with Gasteiger partial charge in [-0.2, -0.15) is 0 Å². The summed E-state index contributed by atoms with van der Waals surface area (Å²) < 4.78 is 5.57. The molecule has 0 spiro atoms. The molecule has 2 atom stereocenters. The number of alkyl halides is 1. The maximum absolute atomic E-state index is 11.6. The highest BCUT2D eigenvalue weighted by Gasteiger charge is 2.41. The van der Waals surface area contributed by atoms with Crippen molar-refractivity contribution in [1.82, 2.24) is 4.90 Å². The first-order valence-electron chi connectivity index (χ1n) is 8.31. The number of rotatable bonds is 6. The minimum Gasteiger partial charge on any atom is -0.462 e. The zero-order chi connectivity index (χ0) is 15.4. The first-order valence-corrected chi connectivity index (χ1v) is 8.85. The maximum atomic E-state index is 11.6. The number of nitrogens with zero attached hydrogens (tertiary/aromatic N) is 1. The molecular weight excluding hydrogens is 298 g/mol. The van der Waals surface area contributed by atoms with Crippen LogP contribution in [0.2, 0.25) is 0 Å². The van der Waals surface area contributed by atoms with E-state index in [1.807, 2.05) is 0 Å². The maximum Gasteiger partial charge on any atom is 0.307 e. The van der Waals surface area contributed by atoms with Crippen LogP contribution in [0.3, 0.4) is 0 Å². The van der Waals surface area contributed by atoms with Gasteiger partial charge in [-0.15, -0.1) is 11.6 Å². The van der Waals surface area contributed by atoms with Crippen molar-refractivity contribution in [2.75, 3.05) is 12.4 Å². The van der Waals surface area contributed by atoms with Crippen molar-refractivity contribution in [1.29, 1.82) is 0 Å². The molecule has 3 rings (SSSR count). The molecular formula is C18H24ClNO2. The Labute approximate surface area is 137 Å². The average Bonchev–Trinajstić information content (AvgIpc) is 2.76. The van der Waals surface area contributed by atoms with E-state index in [2.05, 4.69) is 35.2 Å². The van der Waals surface area contributed by atoms with E-state index in [1.54, 1.807) is 0 Å². The van der Waals surface area contributed by atoms with E-state index in [0.717, 1.165) is 25.8 Å². The van der Waals surface area contributed by atoms with Crippen LogP contribution in [-0.4, -0.2) is 41.5 Å². The summed E-state index contributed by atoms with van der Waals surface area (Å²) in [6.07, 6.45) is 5.97. The molecule has 22 heavy (non-hydrogen) atoms. The molecule has 2 heterocycles. The number of hydrogen-bond acceptors (Lipinski definition) is 3. The van der Waals surface area contributed by atoms with E-state index in [4.69, 9.17) is 16.3 Å². The van der Waals surface area contributed by atoms with Gasteiger partial charge in [-0.1, -0.05) is 30.3 Å². The topological polar surface area (TPSA) is 29.5 Å². The van der Waals surface area contributed by atoms with Crippen LogP contribution in [0.25, 0.3) is 0 Å². The van der Waals surface area contributed by atoms with E-state index in [-0.39, 0.29) is 12.1 Å². The smallest absolute Gasteiger partial charge is 0.307 e. The Hall–Kier alpha value is -1.06. The fourth-order valence-corrected chi connectivity index (χ4v) is 4.06. The predicted molar refractivity (Wildman–Crippen MR) is 88.1 cm³/mol. The molecule has 0 N–H and O–H groups in total. The quantitative estimate of drug-likeness (QED) is 0.594.